The standard InChI is InChI=1S/C13H20N4O/c1-9(2)12-11(8-15-10(3)16-12)13(18)17-6-4-14-5-7-17/h8-9,14H,4-7H2,1-3H3. The van der Waals surface area contributed by atoms with E-state index < -0.39 is 0 Å². The zero-order valence-electron chi connectivity index (χ0n) is 11.2. The number of nitrogens with one attached hydrogen (secondary N) is 1. The Labute approximate surface area is 108 Å². The van der Waals surface area contributed by atoms with Gasteiger partial charge in [-0.05, 0) is 12.8 Å². The minimum atomic E-state index is 0.0557. The zero-order chi connectivity index (χ0) is 13.1. The average Bonchev–Trinajstić information content (AvgIpc) is 2.39. The zero-order valence-corrected chi connectivity index (χ0v) is 11.2. The number of hydrogen-bond acceptors (Lipinski definition) is 4. The molecule has 18 heavy (non-hydrogen) atoms. The van der Waals surface area contributed by atoms with Crippen LogP contribution in [0.25, 0.3) is 0 Å². The van der Waals surface area contributed by atoms with E-state index in [2.05, 4.69) is 29.1 Å². The highest BCUT2D eigenvalue weighted by atomic mass is 16.2. The van der Waals surface area contributed by atoms with Crippen LogP contribution in [0.5, 0.6) is 0 Å². The second kappa shape index (κ2) is 5.44. The van der Waals surface area contributed by atoms with Crippen LogP contribution in [0, 0.1) is 6.92 Å². The molecule has 0 bridgehead atoms. The summed E-state index contributed by atoms with van der Waals surface area (Å²) in [5.74, 6) is 1.00. The molecule has 1 fully saturated rings. The number of nitrogens with zero attached hydrogens (tertiary/aromatic N) is 3. The van der Waals surface area contributed by atoms with Gasteiger partial charge in [-0.1, -0.05) is 13.8 Å². The van der Waals surface area contributed by atoms with E-state index >= 15 is 0 Å². The van der Waals surface area contributed by atoms with Gasteiger partial charge >= 0.3 is 0 Å². The smallest absolute Gasteiger partial charge is 0.257 e. The summed E-state index contributed by atoms with van der Waals surface area (Å²) in [6.07, 6.45) is 1.67. The van der Waals surface area contributed by atoms with Crippen molar-refractivity contribution in [2.75, 3.05) is 26.2 Å². The van der Waals surface area contributed by atoms with E-state index in [0.29, 0.717) is 5.56 Å². The normalized spacial score (nSPS) is 16.1. The predicted octanol–water partition coefficient (Wildman–Crippen LogP) is 0.954. The monoisotopic (exact) mass is 248 g/mol. The first-order valence-corrected chi connectivity index (χ1v) is 6.43. The van der Waals surface area contributed by atoms with Crippen LogP contribution in [0.3, 0.4) is 0 Å². The number of amides is 1. The van der Waals surface area contributed by atoms with Crippen molar-refractivity contribution < 1.29 is 4.79 Å². The van der Waals surface area contributed by atoms with Gasteiger partial charge in [-0.2, -0.15) is 0 Å². The third-order valence-corrected chi connectivity index (χ3v) is 3.12. The molecule has 1 aromatic heterocycles. The number of aromatic nitrogens is 2. The van der Waals surface area contributed by atoms with Crippen LogP contribution in [0.1, 0.15) is 41.6 Å². The summed E-state index contributed by atoms with van der Waals surface area (Å²) in [4.78, 5) is 22.9. The van der Waals surface area contributed by atoms with Crippen molar-refractivity contribution in [1.82, 2.24) is 20.2 Å². The van der Waals surface area contributed by atoms with Gasteiger partial charge in [0.15, 0.2) is 0 Å². The lowest BCUT2D eigenvalue weighted by Gasteiger charge is -2.28. The summed E-state index contributed by atoms with van der Waals surface area (Å²) >= 11 is 0. The molecule has 1 N–H and O–H groups in total. The molecule has 98 valence electrons. The van der Waals surface area contributed by atoms with Crippen molar-refractivity contribution in [3.05, 3.63) is 23.3 Å². The van der Waals surface area contributed by atoms with Crippen molar-refractivity contribution in [2.24, 2.45) is 0 Å². The molecule has 5 nitrogen and oxygen atoms in total. The maximum atomic E-state index is 12.5. The topological polar surface area (TPSA) is 58.1 Å². The van der Waals surface area contributed by atoms with E-state index in [4.69, 9.17) is 0 Å². The van der Waals surface area contributed by atoms with E-state index in [1.807, 2.05) is 11.8 Å². The van der Waals surface area contributed by atoms with Crippen LogP contribution in [0.15, 0.2) is 6.20 Å². The van der Waals surface area contributed by atoms with Crippen LogP contribution in [-0.2, 0) is 0 Å². The molecule has 0 spiro atoms. The second-order valence-electron chi connectivity index (χ2n) is 4.91. The molecule has 2 heterocycles. The summed E-state index contributed by atoms with van der Waals surface area (Å²) in [5, 5.41) is 3.24. The average molecular weight is 248 g/mol. The van der Waals surface area contributed by atoms with E-state index in [9.17, 15) is 4.79 Å². The molecule has 0 aromatic carbocycles. The Morgan fingerprint density at radius 2 is 2.06 bits per heavy atom. The Morgan fingerprint density at radius 3 is 2.67 bits per heavy atom. The molecule has 1 amide bonds. The minimum absolute atomic E-state index is 0.0557. The SMILES string of the molecule is Cc1ncc(C(=O)N2CCNCC2)c(C(C)C)n1. The van der Waals surface area contributed by atoms with Crippen LogP contribution in [0.4, 0.5) is 0 Å². The summed E-state index contributed by atoms with van der Waals surface area (Å²) in [5.41, 5.74) is 1.50. The summed E-state index contributed by atoms with van der Waals surface area (Å²) in [7, 11) is 0. The van der Waals surface area contributed by atoms with Gasteiger partial charge in [0.2, 0.25) is 0 Å². The molecule has 1 aliphatic heterocycles. The Kier molecular flexibility index (Phi) is 3.91. The highest BCUT2D eigenvalue weighted by Crippen LogP contribution is 2.18. The van der Waals surface area contributed by atoms with E-state index in [1.54, 1.807) is 6.20 Å². The van der Waals surface area contributed by atoms with Crippen molar-refractivity contribution in [1.29, 1.82) is 0 Å². The van der Waals surface area contributed by atoms with Gasteiger partial charge < -0.3 is 10.2 Å². The molecule has 5 heteroatoms. The maximum Gasteiger partial charge on any atom is 0.257 e. The van der Waals surface area contributed by atoms with Gasteiger partial charge in [-0.25, -0.2) is 9.97 Å². The quantitative estimate of drug-likeness (QED) is 0.846. The van der Waals surface area contributed by atoms with Gasteiger partial charge in [-0.3, -0.25) is 4.79 Å². The lowest BCUT2D eigenvalue weighted by Crippen LogP contribution is -2.46. The minimum Gasteiger partial charge on any atom is -0.336 e. The number of carbonyl (C=O) groups is 1. The van der Waals surface area contributed by atoms with Crippen LogP contribution >= 0.6 is 0 Å². The largest absolute Gasteiger partial charge is 0.336 e. The Bertz CT molecular complexity index is 439. The fourth-order valence-electron chi connectivity index (χ4n) is 2.13. The molecule has 0 radical (unpaired) electrons. The third kappa shape index (κ3) is 2.67. The Morgan fingerprint density at radius 1 is 1.39 bits per heavy atom. The Hall–Kier alpha value is -1.49. The third-order valence-electron chi connectivity index (χ3n) is 3.12. The number of hydrogen-bond donors (Lipinski definition) is 1. The number of carbonyl (C=O) groups excluding carboxylic acids is 1. The van der Waals surface area contributed by atoms with Crippen molar-refractivity contribution in [3.8, 4) is 0 Å². The molecule has 1 saturated heterocycles. The van der Waals surface area contributed by atoms with Crippen LogP contribution in [0.2, 0.25) is 0 Å². The summed E-state index contributed by atoms with van der Waals surface area (Å²) < 4.78 is 0. The summed E-state index contributed by atoms with van der Waals surface area (Å²) in [6, 6.07) is 0. The molecule has 0 unspecified atom stereocenters. The molecular weight excluding hydrogens is 228 g/mol. The second-order valence-corrected chi connectivity index (χ2v) is 4.91. The van der Waals surface area contributed by atoms with Crippen LogP contribution in [-0.4, -0.2) is 47.0 Å². The number of rotatable bonds is 2. The summed E-state index contributed by atoms with van der Waals surface area (Å²) in [6.45, 7) is 9.18. The van der Waals surface area contributed by atoms with Crippen molar-refractivity contribution in [2.45, 2.75) is 26.7 Å². The molecule has 0 saturated carbocycles. The molecular formula is C13H20N4O. The van der Waals surface area contributed by atoms with Gasteiger partial charge in [0, 0.05) is 32.4 Å². The van der Waals surface area contributed by atoms with E-state index in [-0.39, 0.29) is 11.8 Å². The van der Waals surface area contributed by atoms with Gasteiger partial charge in [0.25, 0.3) is 5.91 Å². The van der Waals surface area contributed by atoms with Gasteiger partial charge in [0.05, 0.1) is 11.3 Å². The lowest BCUT2D eigenvalue weighted by molar-refractivity contribution is 0.0733. The van der Waals surface area contributed by atoms with Gasteiger partial charge in [-0.15, -0.1) is 0 Å². The predicted molar refractivity (Wildman–Crippen MR) is 69.6 cm³/mol. The van der Waals surface area contributed by atoms with Crippen molar-refractivity contribution >= 4 is 5.91 Å². The molecule has 1 aromatic rings. The molecule has 0 atom stereocenters. The maximum absolute atomic E-state index is 12.5. The fraction of sp³-hybridized carbons (Fsp3) is 0.615. The van der Waals surface area contributed by atoms with Gasteiger partial charge in [0.1, 0.15) is 5.82 Å². The van der Waals surface area contributed by atoms with Crippen molar-refractivity contribution in [3.63, 3.8) is 0 Å². The van der Waals surface area contributed by atoms with Crippen LogP contribution < -0.4 is 5.32 Å². The first kappa shape index (κ1) is 13.0. The first-order valence-electron chi connectivity index (χ1n) is 6.43. The number of aryl methyl sites for hydroxylation is 1. The lowest BCUT2D eigenvalue weighted by atomic mass is 10.0. The number of piperazine rings is 1. The highest BCUT2D eigenvalue weighted by Gasteiger charge is 2.22. The Balaban J connectivity index is 2.28. The highest BCUT2D eigenvalue weighted by molar-refractivity contribution is 5.95. The first-order chi connectivity index (χ1) is 8.59. The molecule has 0 aliphatic carbocycles. The van der Waals surface area contributed by atoms with E-state index in [1.165, 1.54) is 0 Å². The van der Waals surface area contributed by atoms with E-state index in [0.717, 1.165) is 37.7 Å². The molecule has 2 rings (SSSR count). The molecule has 1 aliphatic rings. The fourth-order valence-corrected chi connectivity index (χ4v) is 2.13.